The smallest absolute Gasteiger partial charge is 0.359 e. The Kier molecular flexibility index (Phi) is 16.1. The van der Waals surface area contributed by atoms with Crippen molar-refractivity contribution in [2.45, 2.75) is 96.8 Å². The first-order valence-electron chi connectivity index (χ1n) is 10.7. The van der Waals surface area contributed by atoms with Crippen molar-refractivity contribution in [3.05, 3.63) is 12.2 Å². The maximum atomic E-state index is 10.8. The fourth-order valence-corrected chi connectivity index (χ4v) is 3.23. The molecule has 0 spiro atoms. The lowest BCUT2D eigenvalue weighted by molar-refractivity contribution is -0.883. The minimum Gasteiger partial charge on any atom is -0.477 e. The molecule has 0 aromatic rings. The Morgan fingerprint density at radius 2 is 1.20 bits per heavy atom. The van der Waals surface area contributed by atoms with Crippen molar-refractivity contribution in [1.29, 1.82) is 0 Å². The van der Waals surface area contributed by atoms with Gasteiger partial charge in [-0.1, -0.05) is 70.4 Å². The molecule has 25 heavy (non-hydrogen) atoms. The minimum atomic E-state index is -0.699. The topological polar surface area (TPSA) is 37.3 Å². The summed E-state index contributed by atoms with van der Waals surface area (Å²) < 4.78 is 0.597. The molecule has 0 saturated heterocycles. The van der Waals surface area contributed by atoms with E-state index in [1.807, 2.05) is 14.1 Å². The van der Waals surface area contributed by atoms with Crippen LogP contribution < -0.4 is 0 Å². The SMILES string of the molecule is CCCCCCC/C=C/CCCCCCCCC[N+](C)(C)CC(=O)O. The highest BCUT2D eigenvalue weighted by Gasteiger charge is 2.18. The maximum Gasteiger partial charge on any atom is 0.359 e. The highest BCUT2D eigenvalue weighted by atomic mass is 16.4. The van der Waals surface area contributed by atoms with Crippen LogP contribution in [0.1, 0.15) is 96.8 Å². The van der Waals surface area contributed by atoms with Crippen molar-refractivity contribution in [1.82, 2.24) is 0 Å². The zero-order chi connectivity index (χ0) is 18.8. The van der Waals surface area contributed by atoms with Crippen LogP contribution >= 0.6 is 0 Å². The molecule has 148 valence electrons. The molecule has 0 unspecified atom stereocenters. The fraction of sp³-hybridized carbons (Fsp3) is 0.864. The largest absolute Gasteiger partial charge is 0.477 e. The molecule has 0 aliphatic heterocycles. The summed E-state index contributed by atoms with van der Waals surface area (Å²) in [5.74, 6) is -0.699. The predicted octanol–water partition coefficient (Wildman–Crippen LogP) is 6.18. The van der Waals surface area contributed by atoms with E-state index in [-0.39, 0.29) is 6.54 Å². The molecule has 0 bridgehead atoms. The highest BCUT2D eigenvalue weighted by molar-refractivity contribution is 5.67. The second kappa shape index (κ2) is 16.6. The third-order valence-electron chi connectivity index (χ3n) is 4.84. The zero-order valence-electron chi connectivity index (χ0n) is 17.3. The van der Waals surface area contributed by atoms with Gasteiger partial charge < -0.3 is 9.59 Å². The number of nitrogens with zero attached hydrogens (tertiary/aromatic N) is 1. The van der Waals surface area contributed by atoms with Crippen LogP contribution in [0.3, 0.4) is 0 Å². The lowest BCUT2D eigenvalue weighted by Crippen LogP contribution is -2.44. The van der Waals surface area contributed by atoms with Gasteiger partial charge in [0.15, 0.2) is 6.54 Å². The van der Waals surface area contributed by atoms with E-state index in [0.29, 0.717) is 4.48 Å². The van der Waals surface area contributed by atoms with Crippen LogP contribution in [0.15, 0.2) is 12.2 Å². The van der Waals surface area contributed by atoms with E-state index in [2.05, 4.69) is 19.1 Å². The van der Waals surface area contributed by atoms with Gasteiger partial charge in [-0.3, -0.25) is 0 Å². The van der Waals surface area contributed by atoms with Gasteiger partial charge >= 0.3 is 5.97 Å². The number of unbranched alkanes of at least 4 members (excludes halogenated alkanes) is 12. The molecule has 0 heterocycles. The second-order valence-corrected chi connectivity index (χ2v) is 8.15. The summed E-state index contributed by atoms with van der Waals surface area (Å²) in [6, 6.07) is 0. The van der Waals surface area contributed by atoms with Crippen LogP contribution in [0, 0.1) is 0 Å². The van der Waals surface area contributed by atoms with Gasteiger partial charge in [0, 0.05) is 0 Å². The summed E-state index contributed by atoms with van der Waals surface area (Å²) in [7, 11) is 4.01. The molecule has 0 fully saturated rings. The van der Waals surface area contributed by atoms with E-state index in [0.717, 1.165) is 13.0 Å². The summed E-state index contributed by atoms with van der Waals surface area (Å²) in [5, 5.41) is 8.86. The molecule has 0 aromatic carbocycles. The lowest BCUT2D eigenvalue weighted by atomic mass is 10.1. The Bertz CT molecular complexity index is 337. The first kappa shape index (κ1) is 24.2. The normalized spacial score (nSPS) is 12.1. The van der Waals surface area contributed by atoms with Crippen molar-refractivity contribution < 1.29 is 14.4 Å². The Labute approximate surface area is 157 Å². The first-order chi connectivity index (χ1) is 12.0. The van der Waals surface area contributed by atoms with E-state index in [9.17, 15) is 4.79 Å². The van der Waals surface area contributed by atoms with Crippen LogP contribution in [-0.4, -0.2) is 42.7 Å². The van der Waals surface area contributed by atoms with Crippen LogP contribution in [0.4, 0.5) is 0 Å². The van der Waals surface area contributed by atoms with E-state index < -0.39 is 5.97 Å². The Hall–Kier alpha value is -0.830. The number of hydrogen-bond acceptors (Lipinski definition) is 1. The van der Waals surface area contributed by atoms with Gasteiger partial charge in [0.25, 0.3) is 0 Å². The van der Waals surface area contributed by atoms with Crippen LogP contribution in [0.2, 0.25) is 0 Å². The maximum absolute atomic E-state index is 10.8. The number of likely N-dealkylation sites (N-methyl/N-ethyl adjacent to an activating group) is 1. The van der Waals surface area contributed by atoms with Crippen molar-refractivity contribution >= 4 is 5.97 Å². The monoisotopic (exact) mass is 354 g/mol. The lowest BCUT2D eigenvalue weighted by Gasteiger charge is -2.27. The van der Waals surface area contributed by atoms with Crippen molar-refractivity contribution in [2.75, 3.05) is 27.2 Å². The molecule has 0 radical (unpaired) electrons. The average Bonchev–Trinajstić information content (AvgIpc) is 2.53. The fourth-order valence-electron chi connectivity index (χ4n) is 3.23. The molecule has 0 aromatic heterocycles. The van der Waals surface area contributed by atoms with E-state index in [1.54, 1.807) is 0 Å². The Morgan fingerprint density at radius 3 is 1.68 bits per heavy atom. The Balaban J connectivity index is 3.27. The number of allylic oxidation sites excluding steroid dienone is 2. The summed E-state index contributed by atoms with van der Waals surface area (Å²) in [5.41, 5.74) is 0. The third-order valence-corrected chi connectivity index (χ3v) is 4.84. The first-order valence-corrected chi connectivity index (χ1v) is 10.7. The number of carboxylic acid groups (broad SMARTS) is 1. The summed E-state index contributed by atoms with van der Waals surface area (Å²) in [6.07, 6.45) is 23.2. The summed E-state index contributed by atoms with van der Waals surface area (Å²) in [6.45, 7) is 3.46. The molecule has 3 nitrogen and oxygen atoms in total. The number of carboxylic acids is 1. The molecular formula is C22H44NO2+. The number of aliphatic carboxylic acids is 1. The van der Waals surface area contributed by atoms with Gasteiger partial charge in [-0.15, -0.1) is 0 Å². The van der Waals surface area contributed by atoms with Crippen molar-refractivity contribution in [3.8, 4) is 0 Å². The molecule has 0 aliphatic rings. The van der Waals surface area contributed by atoms with Gasteiger partial charge in [0.05, 0.1) is 20.6 Å². The zero-order valence-corrected chi connectivity index (χ0v) is 17.3. The second-order valence-electron chi connectivity index (χ2n) is 8.15. The standard InChI is InChI=1S/C22H43NO2/c1-4-5-6-7-8-9-10-11-12-13-14-15-16-17-18-19-20-23(2,3)21-22(24)25/h10-11H,4-9,12-21H2,1-3H3/p+1/b11-10+. The molecule has 0 amide bonds. The number of quaternary nitrogens is 1. The van der Waals surface area contributed by atoms with E-state index in [1.165, 1.54) is 83.5 Å². The molecule has 0 aliphatic carbocycles. The average molecular weight is 355 g/mol. The van der Waals surface area contributed by atoms with Gasteiger partial charge in [-0.25, -0.2) is 4.79 Å². The van der Waals surface area contributed by atoms with E-state index in [4.69, 9.17) is 5.11 Å². The number of rotatable bonds is 18. The van der Waals surface area contributed by atoms with Crippen molar-refractivity contribution in [3.63, 3.8) is 0 Å². The minimum absolute atomic E-state index is 0.228. The van der Waals surface area contributed by atoms with Gasteiger partial charge in [0.2, 0.25) is 0 Å². The van der Waals surface area contributed by atoms with Crippen LogP contribution in [0.5, 0.6) is 0 Å². The Morgan fingerprint density at radius 1 is 0.760 bits per heavy atom. The molecule has 0 rings (SSSR count). The summed E-state index contributed by atoms with van der Waals surface area (Å²) in [4.78, 5) is 10.8. The van der Waals surface area contributed by atoms with Gasteiger partial charge in [-0.05, 0) is 38.5 Å². The van der Waals surface area contributed by atoms with Crippen LogP contribution in [0.25, 0.3) is 0 Å². The number of carbonyl (C=O) groups is 1. The molecule has 1 N–H and O–H groups in total. The van der Waals surface area contributed by atoms with Gasteiger partial charge in [-0.2, -0.15) is 0 Å². The van der Waals surface area contributed by atoms with E-state index >= 15 is 0 Å². The quantitative estimate of drug-likeness (QED) is 0.181. The molecule has 0 saturated carbocycles. The number of hydrogen-bond donors (Lipinski definition) is 1. The van der Waals surface area contributed by atoms with Crippen LogP contribution in [-0.2, 0) is 4.79 Å². The summed E-state index contributed by atoms with van der Waals surface area (Å²) >= 11 is 0. The highest BCUT2D eigenvalue weighted by Crippen LogP contribution is 2.11. The third kappa shape index (κ3) is 19.3. The van der Waals surface area contributed by atoms with Crippen molar-refractivity contribution in [2.24, 2.45) is 0 Å². The molecular weight excluding hydrogens is 310 g/mol. The molecule has 0 atom stereocenters. The molecule has 3 heteroatoms. The van der Waals surface area contributed by atoms with Gasteiger partial charge in [0.1, 0.15) is 0 Å². The predicted molar refractivity (Wildman–Crippen MR) is 109 cm³/mol.